The van der Waals surface area contributed by atoms with Crippen molar-refractivity contribution in [1.82, 2.24) is 14.7 Å². The minimum absolute atomic E-state index is 0.474. The van der Waals surface area contributed by atoms with Gasteiger partial charge in [-0.05, 0) is 46.6 Å². The molecule has 2 rings (SSSR count). The molecule has 108 valence electrons. The normalized spacial score (nSPS) is 19.8. The molecule has 1 atom stereocenters. The van der Waals surface area contributed by atoms with Crippen LogP contribution < -0.4 is 0 Å². The van der Waals surface area contributed by atoms with E-state index in [1.54, 1.807) is 0 Å². The van der Waals surface area contributed by atoms with Crippen LogP contribution in [0.25, 0.3) is 0 Å². The summed E-state index contributed by atoms with van der Waals surface area (Å²) < 4.78 is 7.84. The summed E-state index contributed by atoms with van der Waals surface area (Å²) in [5, 5.41) is 4.55. The van der Waals surface area contributed by atoms with Gasteiger partial charge >= 0.3 is 0 Å². The highest BCUT2D eigenvalue weighted by atomic mass is 16.5. The average molecular weight is 265 g/mol. The summed E-state index contributed by atoms with van der Waals surface area (Å²) in [4.78, 5) is 2.56. The molecular formula is C15H27N3O. The van der Waals surface area contributed by atoms with E-state index in [4.69, 9.17) is 4.74 Å². The van der Waals surface area contributed by atoms with Gasteiger partial charge in [-0.2, -0.15) is 5.10 Å². The second-order valence-electron chi connectivity index (χ2n) is 5.65. The third-order valence-corrected chi connectivity index (χ3v) is 4.04. The molecule has 0 N–H and O–H groups in total. The Morgan fingerprint density at radius 3 is 2.58 bits per heavy atom. The van der Waals surface area contributed by atoms with Gasteiger partial charge in [-0.25, -0.2) is 0 Å². The highest BCUT2D eigenvalue weighted by Gasteiger charge is 2.23. The van der Waals surface area contributed by atoms with Crippen molar-refractivity contribution in [3.05, 3.63) is 17.5 Å². The molecule has 0 saturated carbocycles. The van der Waals surface area contributed by atoms with Crippen molar-refractivity contribution in [1.29, 1.82) is 0 Å². The Bertz CT molecular complexity index is 394. The maximum atomic E-state index is 5.71. The lowest BCUT2D eigenvalue weighted by Gasteiger charge is -2.35. The predicted molar refractivity (Wildman–Crippen MR) is 77.4 cm³/mol. The van der Waals surface area contributed by atoms with Gasteiger partial charge in [0.2, 0.25) is 0 Å². The van der Waals surface area contributed by atoms with E-state index < -0.39 is 0 Å². The molecule has 4 heteroatoms. The molecule has 19 heavy (non-hydrogen) atoms. The fraction of sp³-hybridized carbons (Fsp3) is 0.800. The van der Waals surface area contributed by atoms with Crippen molar-refractivity contribution in [2.75, 3.05) is 19.7 Å². The molecular weight excluding hydrogens is 238 g/mol. The molecule has 0 unspecified atom stereocenters. The van der Waals surface area contributed by atoms with Gasteiger partial charge in [-0.15, -0.1) is 0 Å². The number of likely N-dealkylation sites (tertiary alicyclic amines) is 1. The topological polar surface area (TPSA) is 30.3 Å². The lowest BCUT2D eigenvalue weighted by molar-refractivity contribution is 0.00374. The first-order valence-corrected chi connectivity index (χ1v) is 7.47. The number of hydrogen-bond donors (Lipinski definition) is 0. The monoisotopic (exact) mass is 265 g/mol. The van der Waals surface area contributed by atoms with Crippen LogP contribution in [0.2, 0.25) is 0 Å². The first-order chi connectivity index (χ1) is 9.10. The maximum Gasteiger partial charge on any atom is 0.0599 e. The number of aryl methyl sites for hydroxylation is 2. The zero-order chi connectivity index (χ0) is 13.8. The van der Waals surface area contributed by atoms with Crippen LogP contribution in [0.4, 0.5) is 0 Å². The molecule has 0 bridgehead atoms. The quantitative estimate of drug-likeness (QED) is 0.819. The molecule has 1 aromatic rings. The minimum atomic E-state index is 0.474. The van der Waals surface area contributed by atoms with E-state index in [1.165, 1.54) is 5.69 Å². The molecule has 0 aliphatic carbocycles. The summed E-state index contributed by atoms with van der Waals surface area (Å²) in [5.41, 5.74) is 2.37. The van der Waals surface area contributed by atoms with Gasteiger partial charge in [-0.3, -0.25) is 9.58 Å². The molecule has 1 saturated heterocycles. The van der Waals surface area contributed by atoms with Gasteiger partial charge in [0.25, 0.3) is 0 Å². The third-order valence-electron chi connectivity index (χ3n) is 4.04. The molecule has 1 aliphatic heterocycles. The van der Waals surface area contributed by atoms with E-state index >= 15 is 0 Å². The Morgan fingerprint density at radius 2 is 2.05 bits per heavy atom. The summed E-state index contributed by atoms with van der Waals surface area (Å²) in [7, 11) is 0. The summed E-state index contributed by atoms with van der Waals surface area (Å²) in [6.07, 6.45) is 2.80. The van der Waals surface area contributed by atoms with Crippen LogP contribution in [0.1, 0.15) is 38.1 Å². The third kappa shape index (κ3) is 3.80. The summed E-state index contributed by atoms with van der Waals surface area (Å²) >= 11 is 0. The van der Waals surface area contributed by atoms with Crippen molar-refractivity contribution in [3.63, 3.8) is 0 Å². The Balaban J connectivity index is 1.84. The number of hydrogen-bond acceptors (Lipinski definition) is 3. The molecule has 2 heterocycles. The van der Waals surface area contributed by atoms with Crippen LogP contribution in [0.5, 0.6) is 0 Å². The second kappa shape index (κ2) is 6.53. The molecule has 1 fully saturated rings. The summed E-state index contributed by atoms with van der Waals surface area (Å²) in [6.45, 7) is 12.7. The molecule has 0 amide bonds. The number of aromatic nitrogens is 2. The van der Waals surface area contributed by atoms with Crippen LogP contribution in [0.3, 0.4) is 0 Å². The van der Waals surface area contributed by atoms with Crippen molar-refractivity contribution < 1.29 is 4.74 Å². The van der Waals surface area contributed by atoms with Gasteiger partial charge in [0.05, 0.1) is 18.3 Å². The lowest BCUT2D eigenvalue weighted by Crippen LogP contribution is -2.44. The molecule has 0 aromatic carbocycles. The average Bonchev–Trinajstić information content (AvgIpc) is 2.69. The highest BCUT2D eigenvalue weighted by Crippen LogP contribution is 2.17. The number of nitrogens with zero attached hydrogens (tertiary/aromatic N) is 3. The van der Waals surface area contributed by atoms with Crippen LogP contribution in [0, 0.1) is 13.8 Å². The minimum Gasteiger partial charge on any atom is -0.378 e. The Morgan fingerprint density at radius 1 is 1.37 bits per heavy atom. The Labute approximate surface area is 116 Å². The fourth-order valence-corrected chi connectivity index (χ4v) is 2.94. The van der Waals surface area contributed by atoms with E-state index in [0.29, 0.717) is 12.1 Å². The second-order valence-corrected chi connectivity index (χ2v) is 5.65. The molecule has 0 radical (unpaired) electrons. The summed E-state index contributed by atoms with van der Waals surface area (Å²) in [5.74, 6) is 0. The van der Waals surface area contributed by atoms with Crippen molar-refractivity contribution in [2.45, 2.75) is 59.2 Å². The zero-order valence-corrected chi connectivity index (χ0v) is 12.7. The van der Waals surface area contributed by atoms with Crippen LogP contribution in [-0.4, -0.2) is 46.5 Å². The van der Waals surface area contributed by atoms with E-state index in [9.17, 15) is 0 Å². The van der Waals surface area contributed by atoms with Gasteiger partial charge < -0.3 is 4.74 Å². The first kappa shape index (κ1) is 14.5. The van der Waals surface area contributed by atoms with Crippen LogP contribution in [0.15, 0.2) is 6.07 Å². The molecule has 1 aliphatic rings. The predicted octanol–water partition coefficient (Wildman–Crippen LogP) is 2.39. The van der Waals surface area contributed by atoms with Crippen molar-refractivity contribution in [3.8, 4) is 0 Å². The van der Waals surface area contributed by atoms with Crippen LogP contribution >= 0.6 is 0 Å². The Hall–Kier alpha value is -0.870. The van der Waals surface area contributed by atoms with Gasteiger partial charge in [0, 0.05) is 31.4 Å². The van der Waals surface area contributed by atoms with E-state index in [1.807, 2.05) is 0 Å². The standard InChI is InChI=1S/C15H27N3O/c1-5-19-15-6-8-17(9-7-15)14(4)11-18-13(3)10-12(2)16-18/h10,14-15H,5-9,11H2,1-4H3/t14-/m0/s1. The van der Waals surface area contributed by atoms with E-state index in [2.05, 4.69) is 48.4 Å². The highest BCUT2D eigenvalue weighted by molar-refractivity contribution is 5.06. The van der Waals surface area contributed by atoms with Crippen molar-refractivity contribution >= 4 is 0 Å². The van der Waals surface area contributed by atoms with Gasteiger partial charge in [0.1, 0.15) is 0 Å². The fourth-order valence-electron chi connectivity index (χ4n) is 2.94. The summed E-state index contributed by atoms with van der Waals surface area (Å²) in [6, 6.07) is 2.69. The number of rotatable bonds is 5. The van der Waals surface area contributed by atoms with Gasteiger partial charge in [0.15, 0.2) is 0 Å². The van der Waals surface area contributed by atoms with E-state index in [0.717, 1.165) is 44.8 Å². The maximum absolute atomic E-state index is 5.71. The number of piperidine rings is 1. The Kier molecular flexibility index (Phi) is 4.99. The lowest BCUT2D eigenvalue weighted by atomic mass is 10.1. The smallest absolute Gasteiger partial charge is 0.0599 e. The van der Waals surface area contributed by atoms with Gasteiger partial charge in [-0.1, -0.05) is 0 Å². The molecule has 4 nitrogen and oxygen atoms in total. The molecule has 0 spiro atoms. The SMILES string of the molecule is CCOC1CCN([C@@H](C)Cn2nc(C)cc2C)CC1. The largest absolute Gasteiger partial charge is 0.378 e. The van der Waals surface area contributed by atoms with E-state index in [-0.39, 0.29) is 0 Å². The zero-order valence-electron chi connectivity index (χ0n) is 12.7. The van der Waals surface area contributed by atoms with Crippen LogP contribution in [-0.2, 0) is 11.3 Å². The number of ether oxygens (including phenoxy) is 1. The van der Waals surface area contributed by atoms with Crippen molar-refractivity contribution in [2.24, 2.45) is 0 Å². The first-order valence-electron chi connectivity index (χ1n) is 7.47. The molecule has 1 aromatic heterocycles.